The summed E-state index contributed by atoms with van der Waals surface area (Å²) in [6.45, 7) is 5.72. The molecule has 0 bridgehead atoms. The molecule has 0 aromatic heterocycles. The molecule has 4 N–H and O–H groups in total. The van der Waals surface area contributed by atoms with Gasteiger partial charge in [-0.25, -0.2) is 13.1 Å². The number of anilines is 1. The zero-order valence-corrected chi connectivity index (χ0v) is 13.8. The van der Waals surface area contributed by atoms with E-state index >= 15 is 0 Å². The van der Waals surface area contributed by atoms with Crippen molar-refractivity contribution in [3.05, 3.63) is 23.3 Å². The van der Waals surface area contributed by atoms with Gasteiger partial charge in [-0.05, 0) is 55.9 Å². The van der Waals surface area contributed by atoms with E-state index in [0.717, 1.165) is 24.9 Å². The maximum Gasteiger partial charge on any atom is 0.241 e. The molecule has 5 nitrogen and oxygen atoms in total. The van der Waals surface area contributed by atoms with Crippen LogP contribution in [0.15, 0.2) is 17.0 Å². The van der Waals surface area contributed by atoms with Crippen LogP contribution in [0.25, 0.3) is 0 Å². The van der Waals surface area contributed by atoms with Crippen LogP contribution >= 0.6 is 0 Å². The van der Waals surface area contributed by atoms with Crippen molar-refractivity contribution in [2.75, 3.05) is 5.43 Å². The van der Waals surface area contributed by atoms with Crippen molar-refractivity contribution in [2.24, 2.45) is 11.8 Å². The van der Waals surface area contributed by atoms with E-state index in [2.05, 4.69) is 17.1 Å². The lowest BCUT2D eigenvalue weighted by molar-refractivity contribution is 0.310. The minimum absolute atomic E-state index is 0.0369. The first-order valence-corrected chi connectivity index (χ1v) is 8.93. The Morgan fingerprint density at radius 3 is 2.24 bits per heavy atom. The van der Waals surface area contributed by atoms with Gasteiger partial charge in [0.1, 0.15) is 0 Å². The van der Waals surface area contributed by atoms with Crippen molar-refractivity contribution in [1.29, 1.82) is 0 Å². The van der Waals surface area contributed by atoms with Crippen LogP contribution in [0.3, 0.4) is 0 Å². The van der Waals surface area contributed by atoms with E-state index in [9.17, 15) is 8.42 Å². The van der Waals surface area contributed by atoms with Gasteiger partial charge in [-0.1, -0.05) is 19.8 Å². The summed E-state index contributed by atoms with van der Waals surface area (Å²) in [6, 6.07) is 3.55. The topological polar surface area (TPSA) is 84.2 Å². The zero-order chi connectivity index (χ0) is 15.6. The average Bonchev–Trinajstić information content (AvgIpc) is 2.40. The molecule has 118 valence electrons. The Kier molecular flexibility index (Phi) is 4.91. The van der Waals surface area contributed by atoms with Gasteiger partial charge in [0.05, 0.1) is 4.90 Å². The van der Waals surface area contributed by atoms with E-state index in [4.69, 9.17) is 5.84 Å². The number of rotatable bonds is 4. The Hall–Kier alpha value is -1.11. The highest BCUT2D eigenvalue weighted by atomic mass is 32.2. The van der Waals surface area contributed by atoms with Gasteiger partial charge in [0.25, 0.3) is 0 Å². The van der Waals surface area contributed by atoms with Crippen LogP contribution in [0, 0.1) is 19.8 Å². The number of hydrazine groups is 1. The molecule has 0 saturated heterocycles. The molecule has 1 saturated carbocycles. The summed E-state index contributed by atoms with van der Waals surface area (Å²) >= 11 is 0. The summed E-state index contributed by atoms with van der Waals surface area (Å²) in [7, 11) is -3.50. The van der Waals surface area contributed by atoms with Crippen LogP contribution in [0.1, 0.15) is 43.7 Å². The molecule has 2 unspecified atom stereocenters. The number of hydrogen-bond acceptors (Lipinski definition) is 4. The lowest BCUT2D eigenvalue weighted by Crippen LogP contribution is -2.41. The van der Waals surface area contributed by atoms with E-state index in [1.165, 1.54) is 6.42 Å². The van der Waals surface area contributed by atoms with Gasteiger partial charge in [0.2, 0.25) is 10.0 Å². The molecule has 0 spiro atoms. The number of nitrogen functional groups attached to an aromatic ring is 1. The first kappa shape index (κ1) is 16.3. The van der Waals surface area contributed by atoms with Gasteiger partial charge in [-0.3, -0.25) is 5.84 Å². The quantitative estimate of drug-likeness (QED) is 0.589. The summed E-state index contributed by atoms with van der Waals surface area (Å²) in [6.07, 6.45) is 4.28. The number of nitrogens with one attached hydrogen (secondary N) is 2. The average molecular weight is 311 g/mol. The van der Waals surface area contributed by atoms with Gasteiger partial charge < -0.3 is 5.43 Å². The lowest BCUT2D eigenvalue weighted by Gasteiger charge is -2.29. The third-order valence-electron chi connectivity index (χ3n) is 4.31. The summed E-state index contributed by atoms with van der Waals surface area (Å²) < 4.78 is 28.3. The smallest absolute Gasteiger partial charge is 0.241 e. The summed E-state index contributed by atoms with van der Waals surface area (Å²) in [5, 5.41) is 0. The number of sulfonamides is 1. The summed E-state index contributed by atoms with van der Waals surface area (Å²) in [5.41, 5.74) is 4.69. The second-order valence-corrected chi connectivity index (χ2v) is 7.72. The molecular weight excluding hydrogens is 286 g/mol. The fourth-order valence-electron chi connectivity index (χ4n) is 3.21. The van der Waals surface area contributed by atoms with Gasteiger partial charge in [0.15, 0.2) is 0 Å². The monoisotopic (exact) mass is 311 g/mol. The van der Waals surface area contributed by atoms with Crippen molar-refractivity contribution in [3.8, 4) is 0 Å². The highest BCUT2D eigenvalue weighted by Crippen LogP contribution is 2.28. The van der Waals surface area contributed by atoms with Crippen molar-refractivity contribution >= 4 is 15.7 Å². The number of aryl methyl sites for hydroxylation is 2. The second-order valence-electron chi connectivity index (χ2n) is 6.07. The first-order chi connectivity index (χ1) is 9.85. The molecule has 1 fully saturated rings. The molecule has 1 aromatic rings. The molecule has 1 aromatic carbocycles. The first-order valence-electron chi connectivity index (χ1n) is 7.45. The maximum absolute atomic E-state index is 12.7. The molecule has 6 heteroatoms. The Morgan fingerprint density at radius 2 is 1.71 bits per heavy atom. The Bertz CT molecular complexity index is 590. The molecule has 21 heavy (non-hydrogen) atoms. The van der Waals surface area contributed by atoms with Crippen molar-refractivity contribution in [3.63, 3.8) is 0 Å². The van der Waals surface area contributed by atoms with Gasteiger partial charge in [-0.2, -0.15) is 0 Å². The minimum Gasteiger partial charge on any atom is -0.324 e. The Labute approximate surface area is 127 Å². The molecule has 1 aliphatic rings. The lowest BCUT2D eigenvalue weighted by atomic mass is 9.87. The van der Waals surface area contributed by atoms with Gasteiger partial charge in [0, 0.05) is 11.7 Å². The summed E-state index contributed by atoms with van der Waals surface area (Å²) in [5.74, 6) is 5.79. The second kappa shape index (κ2) is 6.34. The predicted octanol–water partition coefficient (Wildman–Crippen LogP) is 2.45. The summed E-state index contributed by atoms with van der Waals surface area (Å²) in [4.78, 5) is 0.374. The normalized spacial score (nSPS) is 23.0. The number of benzene rings is 1. The Balaban J connectivity index is 2.31. The third kappa shape index (κ3) is 3.56. The zero-order valence-electron chi connectivity index (χ0n) is 12.9. The SMILES string of the molecule is Cc1cc(NN)cc(C)c1S(=O)(=O)NC1CCCCC1C. The van der Waals surface area contributed by atoms with Crippen molar-refractivity contribution < 1.29 is 8.42 Å². The van der Waals surface area contributed by atoms with E-state index in [1.54, 1.807) is 26.0 Å². The molecule has 0 aliphatic heterocycles. The molecule has 2 rings (SSSR count). The van der Waals surface area contributed by atoms with E-state index < -0.39 is 10.0 Å². The minimum atomic E-state index is -3.50. The van der Waals surface area contributed by atoms with Crippen molar-refractivity contribution in [2.45, 2.75) is 57.4 Å². The highest BCUT2D eigenvalue weighted by Gasteiger charge is 2.28. The van der Waals surface area contributed by atoms with Crippen LogP contribution in [-0.4, -0.2) is 14.5 Å². The van der Waals surface area contributed by atoms with Gasteiger partial charge >= 0.3 is 0 Å². The standard InChI is InChI=1S/C15H25N3O2S/c1-10-6-4-5-7-14(10)18-21(19,20)15-11(2)8-13(17-16)9-12(15)3/h8-10,14,17-18H,4-7,16H2,1-3H3. The van der Waals surface area contributed by atoms with Crippen molar-refractivity contribution in [1.82, 2.24) is 4.72 Å². The number of hydrogen-bond donors (Lipinski definition) is 3. The highest BCUT2D eigenvalue weighted by molar-refractivity contribution is 7.89. The van der Waals surface area contributed by atoms with Crippen LogP contribution < -0.4 is 16.0 Å². The molecule has 0 amide bonds. The van der Waals surface area contributed by atoms with Crippen LogP contribution in [0.5, 0.6) is 0 Å². The van der Waals surface area contributed by atoms with E-state index in [0.29, 0.717) is 21.9 Å². The molecule has 1 aliphatic carbocycles. The molecule has 0 heterocycles. The fourth-order valence-corrected chi connectivity index (χ4v) is 5.04. The molecule has 2 atom stereocenters. The number of nitrogens with two attached hydrogens (primary N) is 1. The van der Waals surface area contributed by atoms with Crippen LogP contribution in [0.2, 0.25) is 0 Å². The van der Waals surface area contributed by atoms with Crippen LogP contribution in [0.4, 0.5) is 5.69 Å². The van der Waals surface area contributed by atoms with E-state index in [-0.39, 0.29) is 6.04 Å². The fraction of sp³-hybridized carbons (Fsp3) is 0.600. The van der Waals surface area contributed by atoms with E-state index in [1.807, 2.05) is 0 Å². The maximum atomic E-state index is 12.7. The molecule has 0 radical (unpaired) electrons. The molecular formula is C15H25N3O2S. The Morgan fingerprint density at radius 1 is 1.14 bits per heavy atom. The van der Waals surface area contributed by atoms with Gasteiger partial charge in [-0.15, -0.1) is 0 Å². The largest absolute Gasteiger partial charge is 0.324 e. The predicted molar refractivity (Wildman–Crippen MR) is 85.5 cm³/mol. The van der Waals surface area contributed by atoms with Crippen LogP contribution in [-0.2, 0) is 10.0 Å². The third-order valence-corrected chi connectivity index (χ3v) is 6.11.